The Morgan fingerprint density at radius 2 is 1.12 bits per heavy atom. The van der Waals surface area contributed by atoms with Gasteiger partial charge in [0.1, 0.15) is 0 Å². The lowest BCUT2D eigenvalue weighted by Crippen LogP contribution is -2.34. The molecule has 2 amide bonds. The number of amides is 2. The fourth-order valence-corrected chi connectivity index (χ4v) is 2.45. The van der Waals surface area contributed by atoms with E-state index in [1.165, 1.54) is 0 Å². The van der Waals surface area contributed by atoms with Crippen molar-refractivity contribution >= 4 is 11.8 Å². The zero-order chi connectivity index (χ0) is 16.9. The van der Waals surface area contributed by atoms with Gasteiger partial charge in [-0.3, -0.25) is 14.8 Å². The molecule has 2 aromatic rings. The molecule has 1 fully saturated rings. The number of nitrogens with zero attached hydrogens (tertiary/aromatic N) is 1. The van der Waals surface area contributed by atoms with Crippen molar-refractivity contribution in [2.45, 2.75) is 25.4 Å². The molecule has 0 saturated carbocycles. The first-order chi connectivity index (χ1) is 11.7. The van der Waals surface area contributed by atoms with Crippen LogP contribution in [0.2, 0.25) is 0 Å². The molecule has 1 saturated heterocycles. The largest absolute Gasteiger partial charge is 0.360 e. The second-order valence-electron chi connectivity index (χ2n) is 5.42. The minimum atomic E-state index is -1.16. The van der Waals surface area contributed by atoms with Gasteiger partial charge in [-0.25, -0.2) is 0 Å². The van der Waals surface area contributed by atoms with E-state index in [1.807, 2.05) is 60.7 Å². The molecule has 2 aromatic carbocycles. The Balaban J connectivity index is 1.67. The molecule has 1 aliphatic rings. The maximum Gasteiger partial charge on any atom is 0.285 e. The maximum atomic E-state index is 12.0. The standard InChI is InChI=1S/C18H17NO5/c20-17-15(23-11-13-7-3-1-4-8-13)16(18(21)19(17)22)24-12-14-9-5-2-6-10-14/h1-10,15-16,22H,11-12H2/t15-,16-/m0/s1. The average molecular weight is 327 g/mol. The fourth-order valence-electron chi connectivity index (χ4n) is 2.45. The van der Waals surface area contributed by atoms with Crippen LogP contribution in [0, 0.1) is 0 Å². The van der Waals surface area contributed by atoms with Gasteiger partial charge in [0.15, 0.2) is 12.2 Å². The Morgan fingerprint density at radius 1 is 0.750 bits per heavy atom. The summed E-state index contributed by atoms with van der Waals surface area (Å²) in [5.74, 6) is -1.62. The van der Waals surface area contributed by atoms with Crippen LogP contribution < -0.4 is 0 Å². The molecule has 0 aliphatic carbocycles. The van der Waals surface area contributed by atoms with Gasteiger partial charge in [0.2, 0.25) is 0 Å². The highest BCUT2D eigenvalue weighted by Crippen LogP contribution is 2.21. The first kappa shape index (κ1) is 16.3. The molecule has 1 aliphatic heterocycles. The van der Waals surface area contributed by atoms with Gasteiger partial charge < -0.3 is 9.47 Å². The molecule has 24 heavy (non-hydrogen) atoms. The first-order valence-electron chi connectivity index (χ1n) is 7.54. The van der Waals surface area contributed by atoms with E-state index in [0.717, 1.165) is 11.1 Å². The number of ether oxygens (including phenoxy) is 2. The number of imide groups is 1. The number of benzene rings is 2. The van der Waals surface area contributed by atoms with Crippen molar-refractivity contribution in [3.63, 3.8) is 0 Å². The van der Waals surface area contributed by atoms with E-state index >= 15 is 0 Å². The van der Waals surface area contributed by atoms with Crippen LogP contribution in [0.3, 0.4) is 0 Å². The molecule has 3 rings (SSSR count). The second-order valence-corrected chi connectivity index (χ2v) is 5.42. The fraction of sp³-hybridized carbons (Fsp3) is 0.222. The van der Waals surface area contributed by atoms with Gasteiger partial charge in [0, 0.05) is 0 Å². The summed E-state index contributed by atoms with van der Waals surface area (Å²) >= 11 is 0. The molecule has 6 nitrogen and oxygen atoms in total. The van der Waals surface area contributed by atoms with Gasteiger partial charge in [-0.1, -0.05) is 60.7 Å². The number of hydrogen-bond acceptors (Lipinski definition) is 5. The highest BCUT2D eigenvalue weighted by Gasteiger charge is 2.49. The monoisotopic (exact) mass is 327 g/mol. The predicted octanol–water partition coefficient (Wildman–Crippen LogP) is 1.92. The van der Waals surface area contributed by atoms with Crippen molar-refractivity contribution in [1.29, 1.82) is 0 Å². The van der Waals surface area contributed by atoms with Gasteiger partial charge in [-0.15, -0.1) is 0 Å². The van der Waals surface area contributed by atoms with Crippen molar-refractivity contribution in [3.8, 4) is 0 Å². The Morgan fingerprint density at radius 3 is 1.50 bits per heavy atom. The van der Waals surface area contributed by atoms with E-state index in [1.54, 1.807) is 0 Å². The lowest BCUT2D eigenvalue weighted by atomic mass is 10.2. The van der Waals surface area contributed by atoms with Crippen LogP contribution >= 0.6 is 0 Å². The minimum absolute atomic E-state index is 0.0747. The lowest BCUT2D eigenvalue weighted by Gasteiger charge is -2.16. The number of carbonyl (C=O) groups excluding carboxylic acids is 2. The van der Waals surface area contributed by atoms with Crippen LogP contribution in [0.15, 0.2) is 60.7 Å². The number of carbonyl (C=O) groups is 2. The molecule has 0 radical (unpaired) electrons. The van der Waals surface area contributed by atoms with Crippen LogP contribution in [0.1, 0.15) is 11.1 Å². The average Bonchev–Trinajstić information content (AvgIpc) is 2.83. The molecule has 1 N–H and O–H groups in total. The van der Waals surface area contributed by atoms with E-state index in [4.69, 9.17) is 9.47 Å². The maximum absolute atomic E-state index is 12.0. The second kappa shape index (κ2) is 7.35. The van der Waals surface area contributed by atoms with Crippen LogP contribution in [0.5, 0.6) is 0 Å². The minimum Gasteiger partial charge on any atom is -0.360 e. The summed E-state index contributed by atoms with van der Waals surface area (Å²) in [6.07, 6.45) is -2.32. The van der Waals surface area contributed by atoms with Crippen molar-refractivity contribution < 1.29 is 24.3 Å². The van der Waals surface area contributed by atoms with E-state index in [9.17, 15) is 14.8 Å². The smallest absolute Gasteiger partial charge is 0.285 e. The zero-order valence-corrected chi connectivity index (χ0v) is 12.9. The Hall–Kier alpha value is -2.54. The van der Waals surface area contributed by atoms with E-state index < -0.39 is 24.0 Å². The highest BCUT2D eigenvalue weighted by atomic mass is 16.6. The lowest BCUT2D eigenvalue weighted by molar-refractivity contribution is -0.175. The SMILES string of the molecule is O=C1[C@@H](OCc2ccccc2)[C@H](OCc2ccccc2)C(=O)N1O. The van der Waals surface area contributed by atoms with Crippen LogP contribution in [0.25, 0.3) is 0 Å². The van der Waals surface area contributed by atoms with Gasteiger partial charge in [-0.2, -0.15) is 5.06 Å². The molecule has 0 aromatic heterocycles. The molecule has 1 heterocycles. The summed E-state index contributed by atoms with van der Waals surface area (Å²) in [7, 11) is 0. The highest BCUT2D eigenvalue weighted by molar-refractivity contribution is 6.06. The van der Waals surface area contributed by atoms with Crippen LogP contribution in [0.4, 0.5) is 0 Å². The summed E-state index contributed by atoms with van der Waals surface area (Å²) in [5, 5.41) is 9.65. The number of rotatable bonds is 6. The Bertz CT molecular complexity index is 642. The normalized spacial score (nSPS) is 20.6. The van der Waals surface area contributed by atoms with Crippen LogP contribution in [-0.2, 0) is 32.3 Å². The topological polar surface area (TPSA) is 76.1 Å². The first-order valence-corrected chi connectivity index (χ1v) is 7.54. The quantitative estimate of drug-likeness (QED) is 0.648. The van der Waals surface area contributed by atoms with Gasteiger partial charge in [0.05, 0.1) is 13.2 Å². The van der Waals surface area contributed by atoms with Gasteiger partial charge >= 0.3 is 0 Å². The third-order valence-corrected chi connectivity index (χ3v) is 3.72. The summed E-state index contributed by atoms with van der Waals surface area (Å²) in [6.45, 7) is 0.285. The summed E-state index contributed by atoms with van der Waals surface area (Å²) in [6, 6.07) is 18.5. The predicted molar refractivity (Wildman–Crippen MR) is 83.7 cm³/mol. The third-order valence-electron chi connectivity index (χ3n) is 3.72. The van der Waals surface area contributed by atoms with Crippen molar-refractivity contribution in [3.05, 3.63) is 71.8 Å². The molecule has 0 spiro atoms. The molecular formula is C18H17NO5. The van der Waals surface area contributed by atoms with Crippen molar-refractivity contribution in [2.24, 2.45) is 0 Å². The molecule has 124 valence electrons. The molecule has 6 heteroatoms. The number of hydrogen-bond donors (Lipinski definition) is 1. The Kier molecular flexibility index (Phi) is 5.00. The van der Waals surface area contributed by atoms with Crippen LogP contribution in [-0.4, -0.2) is 34.3 Å². The zero-order valence-electron chi connectivity index (χ0n) is 12.9. The third kappa shape index (κ3) is 3.51. The summed E-state index contributed by atoms with van der Waals surface area (Å²) in [4.78, 5) is 24.0. The Labute approximate surface area is 139 Å². The van der Waals surface area contributed by atoms with E-state index in [-0.39, 0.29) is 18.3 Å². The molecular weight excluding hydrogens is 310 g/mol. The summed E-state index contributed by atoms with van der Waals surface area (Å²) < 4.78 is 11.1. The van der Waals surface area contributed by atoms with Gasteiger partial charge in [-0.05, 0) is 11.1 Å². The van der Waals surface area contributed by atoms with Gasteiger partial charge in [0.25, 0.3) is 11.8 Å². The summed E-state index contributed by atoms with van der Waals surface area (Å²) in [5.41, 5.74) is 1.71. The number of hydroxylamine groups is 2. The van der Waals surface area contributed by atoms with E-state index in [0.29, 0.717) is 0 Å². The molecule has 2 atom stereocenters. The van der Waals surface area contributed by atoms with Crippen molar-refractivity contribution in [2.75, 3.05) is 0 Å². The molecule has 0 unspecified atom stereocenters. The van der Waals surface area contributed by atoms with E-state index in [2.05, 4.69) is 0 Å². The van der Waals surface area contributed by atoms with Crippen molar-refractivity contribution in [1.82, 2.24) is 5.06 Å². The molecule has 0 bridgehead atoms.